The Morgan fingerprint density at radius 2 is 1.80 bits per heavy atom. The van der Waals surface area contributed by atoms with Gasteiger partial charge >= 0.3 is 0 Å². The quantitative estimate of drug-likeness (QED) is 0.883. The van der Waals surface area contributed by atoms with Crippen LogP contribution in [0, 0.1) is 11.6 Å². The van der Waals surface area contributed by atoms with Crippen LogP contribution in [0.1, 0.15) is 11.7 Å². The van der Waals surface area contributed by atoms with Crippen LogP contribution in [0.15, 0.2) is 42.5 Å². The van der Waals surface area contributed by atoms with Crippen LogP contribution in [0.25, 0.3) is 0 Å². The van der Waals surface area contributed by atoms with Crippen LogP contribution in [0.4, 0.5) is 14.5 Å². The van der Waals surface area contributed by atoms with Crippen molar-refractivity contribution in [1.82, 2.24) is 0 Å². The summed E-state index contributed by atoms with van der Waals surface area (Å²) in [6.45, 7) is 0.192. The molecule has 0 aromatic heterocycles. The molecule has 3 nitrogen and oxygen atoms in total. The molecule has 0 saturated carbocycles. The molecule has 1 unspecified atom stereocenters. The van der Waals surface area contributed by atoms with Crippen LogP contribution in [-0.2, 0) is 0 Å². The van der Waals surface area contributed by atoms with Crippen LogP contribution in [0.3, 0.4) is 0 Å². The van der Waals surface area contributed by atoms with Gasteiger partial charge in [0.25, 0.3) is 0 Å². The van der Waals surface area contributed by atoms with Crippen molar-refractivity contribution in [1.29, 1.82) is 0 Å². The molecule has 0 spiro atoms. The van der Waals surface area contributed by atoms with Gasteiger partial charge in [0.05, 0.1) is 13.2 Å². The van der Waals surface area contributed by atoms with E-state index < -0.39 is 17.7 Å². The van der Waals surface area contributed by atoms with Crippen molar-refractivity contribution >= 4 is 5.69 Å². The maximum absolute atomic E-state index is 13.1. The highest BCUT2D eigenvalue weighted by molar-refractivity contribution is 5.46. The number of methoxy groups -OCH3 is 1. The second-order valence-corrected chi connectivity index (χ2v) is 4.30. The molecule has 2 aromatic rings. The highest BCUT2D eigenvalue weighted by Crippen LogP contribution is 2.19. The molecule has 0 bridgehead atoms. The summed E-state index contributed by atoms with van der Waals surface area (Å²) in [5, 5.41) is 12.9. The molecule has 0 aliphatic heterocycles. The van der Waals surface area contributed by atoms with Gasteiger partial charge in [-0.3, -0.25) is 0 Å². The van der Waals surface area contributed by atoms with Crippen molar-refractivity contribution in [2.24, 2.45) is 0 Å². The molecule has 1 atom stereocenters. The van der Waals surface area contributed by atoms with E-state index in [1.165, 1.54) is 6.07 Å². The minimum Gasteiger partial charge on any atom is -0.497 e. The summed E-state index contributed by atoms with van der Waals surface area (Å²) in [6, 6.07) is 10.5. The van der Waals surface area contributed by atoms with Gasteiger partial charge in [-0.1, -0.05) is 6.07 Å². The molecule has 0 saturated heterocycles. The number of aliphatic hydroxyl groups excluding tert-OH is 1. The van der Waals surface area contributed by atoms with Crippen LogP contribution in [0.2, 0.25) is 0 Å². The molecular weight excluding hydrogens is 264 g/mol. The van der Waals surface area contributed by atoms with Gasteiger partial charge in [-0.15, -0.1) is 0 Å². The number of hydrogen-bond donors (Lipinski definition) is 2. The molecule has 0 aliphatic carbocycles. The fourth-order valence-corrected chi connectivity index (χ4v) is 1.76. The molecule has 0 fully saturated rings. The van der Waals surface area contributed by atoms with Crippen LogP contribution in [0.5, 0.6) is 5.75 Å². The maximum atomic E-state index is 13.1. The predicted molar refractivity (Wildman–Crippen MR) is 72.8 cm³/mol. The highest BCUT2D eigenvalue weighted by atomic mass is 19.2. The van der Waals surface area contributed by atoms with Crippen LogP contribution in [-0.4, -0.2) is 18.8 Å². The van der Waals surface area contributed by atoms with E-state index in [-0.39, 0.29) is 6.54 Å². The summed E-state index contributed by atoms with van der Waals surface area (Å²) in [6.07, 6.45) is -0.924. The third-order valence-corrected chi connectivity index (χ3v) is 2.92. The average Bonchev–Trinajstić information content (AvgIpc) is 2.48. The van der Waals surface area contributed by atoms with E-state index in [0.717, 1.165) is 23.6 Å². The smallest absolute Gasteiger partial charge is 0.159 e. The van der Waals surface area contributed by atoms with Gasteiger partial charge in [0.15, 0.2) is 11.6 Å². The Morgan fingerprint density at radius 1 is 1.10 bits per heavy atom. The number of ether oxygens (including phenoxy) is 1. The average molecular weight is 279 g/mol. The summed E-state index contributed by atoms with van der Waals surface area (Å²) < 4.78 is 30.9. The molecule has 5 heteroatoms. The molecule has 2 N–H and O–H groups in total. The standard InChI is InChI=1S/C15H15F2NO2/c1-20-12-5-3-11(4-6-12)18-9-15(19)10-2-7-13(16)14(17)8-10/h2-8,15,18-19H,9H2,1H3. The van der Waals surface area contributed by atoms with Crippen molar-refractivity contribution in [3.8, 4) is 5.75 Å². The molecule has 2 rings (SSSR count). The van der Waals surface area contributed by atoms with E-state index in [4.69, 9.17) is 4.74 Å². The van der Waals surface area contributed by atoms with Gasteiger partial charge in [0.2, 0.25) is 0 Å². The lowest BCUT2D eigenvalue weighted by atomic mass is 10.1. The first kappa shape index (κ1) is 14.3. The van der Waals surface area contributed by atoms with Gasteiger partial charge in [-0.2, -0.15) is 0 Å². The van der Waals surface area contributed by atoms with Gasteiger partial charge in [-0.05, 0) is 42.0 Å². The minimum atomic E-state index is -0.967. The number of hydrogen-bond acceptors (Lipinski definition) is 3. The van der Waals surface area contributed by atoms with Crippen molar-refractivity contribution in [3.63, 3.8) is 0 Å². The monoisotopic (exact) mass is 279 g/mol. The fraction of sp³-hybridized carbons (Fsp3) is 0.200. The van der Waals surface area contributed by atoms with Crippen LogP contribution < -0.4 is 10.1 Å². The number of nitrogens with one attached hydrogen (secondary N) is 1. The van der Waals surface area contributed by atoms with Crippen molar-refractivity contribution < 1.29 is 18.6 Å². The fourth-order valence-electron chi connectivity index (χ4n) is 1.76. The third-order valence-electron chi connectivity index (χ3n) is 2.92. The molecule has 0 heterocycles. The molecule has 106 valence electrons. The van der Waals surface area contributed by atoms with E-state index in [1.54, 1.807) is 31.4 Å². The van der Waals surface area contributed by atoms with Gasteiger partial charge in [0, 0.05) is 12.2 Å². The van der Waals surface area contributed by atoms with Crippen molar-refractivity contribution in [2.75, 3.05) is 19.0 Å². The Bertz CT molecular complexity index is 573. The Morgan fingerprint density at radius 3 is 2.40 bits per heavy atom. The second kappa shape index (κ2) is 6.34. The maximum Gasteiger partial charge on any atom is 0.159 e. The minimum absolute atomic E-state index is 0.192. The summed E-state index contributed by atoms with van der Waals surface area (Å²) in [7, 11) is 1.58. The Hall–Kier alpha value is -2.14. The van der Waals surface area contributed by atoms with E-state index in [9.17, 15) is 13.9 Å². The highest BCUT2D eigenvalue weighted by Gasteiger charge is 2.10. The number of halogens is 2. The lowest BCUT2D eigenvalue weighted by Gasteiger charge is -2.13. The number of aliphatic hydroxyl groups is 1. The molecule has 0 radical (unpaired) electrons. The molecular formula is C15H15F2NO2. The zero-order valence-electron chi connectivity index (χ0n) is 10.9. The Balaban J connectivity index is 1.96. The third kappa shape index (κ3) is 3.45. The molecule has 0 aliphatic rings. The zero-order valence-corrected chi connectivity index (χ0v) is 10.9. The normalized spacial score (nSPS) is 12.0. The predicted octanol–water partition coefficient (Wildman–Crippen LogP) is 3.12. The van der Waals surface area contributed by atoms with Gasteiger partial charge < -0.3 is 15.2 Å². The van der Waals surface area contributed by atoms with Gasteiger partial charge in [0.1, 0.15) is 5.75 Å². The summed E-state index contributed by atoms with van der Waals surface area (Å²) in [5.41, 5.74) is 1.12. The largest absolute Gasteiger partial charge is 0.497 e. The van der Waals surface area contributed by atoms with E-state index >= 15 is 0 Å². The van der Waals surface area contributed by atoms with Gasteiger partial charge in [-0.25, -0.2) is 8.78 Å². The number of rotatable bonds is 5. The summed E-state index contributed by atoms with van der Waals surface area (Å²) >= 11 is 0. The number of benzene rings is 2. The lowest BCUT2D eigenvalue weighted by molar-refractivity contribution is 0.191. The zero-order chi connectivity index (χ0) is 14.5. The van der Waals surface area contributed by atoms with Crippen molar-refractivity contribution in [2.45, 2.75) is 6.10 Å². The molecule has 2 aromatic carbocycles. The topological polar surface area (TPSA) is 41.5 Å². The van der Waals surface area contributed by atoms with Crippen molar-refractivity contribution in [3.05, 3.63) is 59.7 Å². The first-order valence-electron chi connectivity index (χ1n) is 6.11. The number of anilines is 1. The van der Waals surface area contributed by atoms with E-state index in [0.29, 0.717) is 5.56 Å². The van der Waals surface area contributed by atoms with E-state index in [1.807, 2.05) is 0 Å². The first-order valence-corrected chi connectivity index (χ1v) is 6.11. The molecule has 20 heavy (non-hydrogen) atoms. The Labute approximate surface area is 115 Å². The van der Waals surface area contributed by atoms with Crippen LogP contribution >= 0.6 is 0 Å². The SMILES string of the molecule is COc1ccc(NCC(O)c2ccc(F)c(F)c2)cc1. The summed E-state index contributed by atoms with van der Waals surface area (Å²) in [4.78, 5) is 0. The first-order chi connectivity index (χ1) is 9.60. The Kier molecular flexibility index (Phi) is 4.53. The molecule has 0 amide bonds. The summed E-state index contributed by atoms with van der Waals surface area (Å²) in [5.74, 6) is -1.16. The lowest BCUT2D eigenvalue weighted by Crippen LogP contribution is -2.12. The van der Waals surface area contributed by atoms with E-state index in [2.05, 4.69) is 5.32 Å². The second-order valence-electron chi connectivity index (χ2n) is 4.30.